The van der Waals surface area contributed by atoms with Crippen molar-refractivity contribution in [2.75, 3.05) is 25.0 Å². The van der Waals surface area contributed by atoms with E-state index in [1.165, 1.54) is 38.2 Å². The van der Waals surface area contributed by atoms with Crippen LogP contribution >= 0.6 is 0 Å². The molecule has 1 N–H and O–H groups in total. The maximum absolute atomic E-state index is 4.78. The summed E-state index contributed by atoms with van der Waals surface area (Å²) in [5.41, 5.74) is 1.18. The van der Waals surface area contributed by atoms with Crippen LogP contribution in [0.4, 0.5) is 11.6 Å². The largest absolute Gasteiger partial charge is 0.324 e. The maximum Gasteiger partial charge on any atom is 0.150 e. The minimum Gasteiger partial charge on any atom is -0.324 e. The minimum atomic E-state index is 0.557. The fourth-order valence-electron chi connectivity index (χ4n) is 3.17. The zero-order valence-electron chi connectivity index (χ0n) is 13.9. The summed E-state index contributed by atoms with van der Waals surface area (Å²) in [4.78, 5) is 15.7. The summed E-state index contributed by atoms with van der Waals surface area (Å²) in [6.07, 6.45) is 7.43. The lowest BCUT2D eigenvalue weighted by atomic mass is 9.92. The molecule has 0 aliphatic carbocycles. The zero-order chi connectivity index (χ0) is 16.1. The average molecular weight is 311 g/mol. The number of hydrogen-bond acceptors (Lipinski definition) is 5. The van der Waals surface area contributed by atoms with E-state index in [0.29, 0.717) is 5.92 Å². The van der Waals surface area contributed by atoms with E-state index in [4.69, 9.17) is 4.98 Å². The molecule has 3 rings (SSSR count). The highest BCUT2D eigenvalue weighted by atomic mass is 15.1. The molecule has 0 aromatic carbocycles. The van der Waals surface area contributed by atoms with E-state index in [0.717, 1.165) is 17.6 Å². The van der Waals surface area contributed by atoms with Crippen LogP contribution in [-0.4, -0.2) is 39.5 Å². The van der Waals surface area contributed by atoms with Crippen LogP contribution < -0.4 is 5.32 Å². The molecule has 0 bridgehead atoms. The Balaban J connectivity index is 1.62. The lowest BCUT2D eigenvalue weighted by molar-refractivity contribution is 0.191. The third-order valence-corrected chi connectivity index (χ3v) is 4.22. The molecule has 1 aliphatic heterocycles. The number of pyridine rings is 1. The van der Waals surface area contributed by atoms with Crippen molar-refractivity contribution >= 4 is 11.6 Å². The first-order valence-electron chi connectivity index (χ1n) is 8.43. The molecule has 2 aromatic rings. The van der Waals surface area contributed by atoms with Gasteiger partial charge in [0.05, 0.1) is 6.20 Å². The van der Waals surface area contributed by atoms with Gasteiger partial charge in [0.2, 0.25) is 0 Å². The molecule has 5 heteroatoms. The van der Waals surface area contributed by atoms with E-state index in [1.54, 1.807) is 18.6 Å². The standard InChI is InChI=1S/C18H25N5/c1-14(2)13-23-10-6-15(7-11-23)16-4-3-5-17(21-16)22-18-12-19-8-9-20-18/h3-5,8-9,12,14-15H,6-7,10-11,13H2,1-2H3,(H,20,21,22). The van der Waals surface area contributed by atoms with E-state index in [2.05, 4.69) is 46.2 Å². The van der Waals surface area contributed by atoms with Crippen molar-refractivity contribution < 1.29 is 0 Å². The Morgan fingerprint density at radius 3 is 2.70 bits per heavy atom. The molecule has 0 radical (unpaired) electrons. The molecule has 23 heavy (non-hydrogen) atoms. The van der Waals surface area contributed by atoms with Gasteiger partial charge in [-0.1, -0.05) is 19.9 Å². The average Bonchev–Trinajstić information content (AvgIpc) is 2.56. The molecule has 0 unspecified atom stereocenters. The molecule has 122 valence electrons. The maximum atomic E-state index is 4.78. The van der Waals surface area contributed by atoms with Gasteiger partial charge in [-0.25, -0.2) is 9.97 Å². The van der Waals surface area contributed by atoms with Gasteiger partial charge < -0.3 is 10.2 Å². The van der Waals surface area contributed by atoms with E-state index >= 15 is 0 Å². The summed E-state index contributed by atoms with van der Waals surface area (Å²) < 4.78 is 0. The van der Waals surface area contributed by atoms with Gasteiger partial charge in [0, 0.05) is 30.6 Å². The first-order chi connectivity index (χ1) is 11.2. The number of nitrogens with one attached hydrogen (secondary N) is 1. The summed E-state index contributed by atoms with van der Waals surface area (Å²) >= 11 is 0. The van der Waals surface area contributed by atoms with E-state index < -0.39 is 0 Å². The number of anilines is 2. The van der Waals surface area contributed by atoms with Gasteiger partial charge in [-0.2, -0.15) is 0 Å². The molecule has 0 saturated carbocycles. The van der Waals surface area contributed by atoms with Gasteiger partial charge in [-0.05, 0) is 44.0 Å². The van der Waals surface area contributed by atoms with Gasteiger partial charge in [0.1, 0.15) is 11.6 Å². The van der Waals surface area contributed by atoms with Gasteiger partial charge in [-0.15, -0.1) is 0 Å². The van der Waals surface area contributed by atoms with Crippen LogP contribution in [0.15, 0.2) is 36.8 Å². The summed E-state index contributed by atoms with van der Waals surface area (Å²) in [5, 5.41) is 3.22. The molecule has 2 aromatic heterocycles. The molecule has 0 amide bonds. The lowest BCUT2D eigenvalue weighted by Crippen LogP contribution is -2.35. The van der Waals surface area contributed by atoms with Crippen LogP contribution in [-0.2, 0) is 0 Å². The summed E-state index contributed by atoms with van der Waals surface area (Å²) in [7, 11) is 0. The normalized spacial score (nSPS) is 16.7. The van der Waals surface area contributed by atoms with Crippen LogP contribution in [0, 0.1) is 5.92 Å². The number of nitrogens with zero attached hydrogens (tertiary/aromatic N) is 4. The van der Waals surface area contributed by atoms with E-state index in [9.17, 15) is 0 Å². The fraction of sp³-hybridized carbons (Fsp3) is 0.500. The Kier molecular flexibility index (Phi) is 5.18. The predicted octanol–water partition coefficient (Wildman–Crippen LogP) is 3.45. The van der Waals surface area contributed by atoms with Gasteiger partial charge in [0.15, 0.2) is 0 Å². The first kappa shape index (κ1) is 15.9. The first-order valence-corrected chi connectivity index (χ1v) is 8.43. The molecule has 0 spiro atoms. The summed E-state index contributed by atoms with van der Waals surface area (Å²) in [6.45, 7) is 8.12. The molecule has 0 atom stereocenters. The Morgan fingerprint density at radius 2 is 2.00 bits per heavy atom. The highest BCUT2D eigenvalue weighted by molar-refractivity contribution is 5.50. The van der Waals surface area contributed by atoms with Crippen molar-refractivity contribution in [3.05, 3.63) is 42.5 Å². The molecule has 1 aliphatic rings. The van der Waals surface area contributed by atoms with Crippen molar-refractivity contribution in [1.82, 2.24) is 19.9 Å². The topological polar surface area (TPSA) is 53.9 Å². The van der Waals surface area contributed by atoms with Gasteiger partial charge in [-0.3, -0.25) is 4.98 Å². The lowest BCUT2D eigenvalue weighted by Gasteiger charge is -2.32. The molecular formula is C18H25N5. The van der Waals surface area contributed by atoms with Crippen molar-refractivity contribution in [2.24, 2.45) is 5.92 Å². The quantitative estimate of drug-likeness (QED) is 0.916. The fourth-order valence-corrected chi connectivity index (χ4v) is 3.17. The van der Waals surface area contributed by atoms with Crippen LogP contribution in [0.2, 0.25) is 0 Å². The third kappa shape index (κ3) is 4.48. The van der Waals surface area contributed by atoms with Gasteiger partial charge >= 0.3 is 0 Å². The monoisotopic (exact) mass is 311 g/mol. The van der Waals surface area contributed by atoms with Crippen molar-refractivity contribution in [1.29, 1.82) is 0 Å². The second kappa shape index (κ2) is 7.51. The Morgan fingerprint density at radius 1 is 1.17 bits per heavy atom. The third-order valence-electron chi connectivity index (χ3n) is 4.22. The van der Waals surface area contributed by atoms with Crippen LogP contribution in [0.5, 0.6) is 0 Å². The molecule has 1 saturated heterocycles. The number of aromatic nitrogens is 3. The Hall–Kier alpha value is -2.01. The number of rotatable bonds is 5. The van der Waals surface area contributed by atoms with E-state index in [-0.39, 0.29) is 0 Å². The van der Waals surface area contributed by atoms with Gasteiger partial charge in [0.25, 0.3) is 0 Å². The van der Waals surface area contributed by atoms with Crippen molar-refractivity contribution in [2.45, 2.75) is 32.6 Å². The smallest absolute Gasteiger partial charge is 0.150 e. The van der Waals surface area contributed by atoms with Crippen molar-refractivity contribution in [3.63, 3.8) is 0 Å². The second-order valence-electron chi connectivity index (χ2n) is 6.63. The van der Waals surface area contributed by atoms with Crippen molar-refractivity contribution in [3.8, 4) is 0 Å². The number of piperidine rings is 1. The number of likely N-dealkylation sites (tertiary alicyclic amines) is 1. The Bertz CT molecular complexity index is 606. The minimum absolute atomic E-state index is 0.557. The second-order valence-corrected chi connectivity index (χ2v) is 6.63. The van der Waals surface area contributed by atoms with Crippen LogP contribution in [0.25, 0.3) is 0 Å². The molecular weight excluding hydrogens is 286 g/mol. The van der Waals surface area contributed by atoms with Crippen LogP contribution in [0.1, 0.15) is 38.3 Å². The molecule has 1 fully saturated rings. The SMILES string of the molecule is CC(C)CN1CCC(c2cccc(Nc3cnccn3)n2)CC1. The summed E-state index contributed by atoms with van der Waals surface area (Å²) in [5.74, 6) is 2.86. The van der Waals surface area contributed by atoms with Crippen LogP contribution in [0.3, 0.4) is 0 Å². The number of hydrogen-bond donors (Lipinski definition) is 1. The molecule has 3 heterocycles. The molecule has 5 nitrogen and oxygen atoms in total. The predicted molar refractivity (Wildman–Crippen MR) is 92.8 cm³/mol. The zero-order valence-corrected chi connectivity index (χ0v) is 13.9. The van der Waals surface area contributed by atoms with E-state index in [1.807, 2.05) is 6.07 Å². The summed E-state index contributed by atoms with van der Waals surface area (Å²) in [6, 6.07) is 6.19. The highest BCUT2D eigenvalue weighted by Crippen LogP contribution is 2.28. The Labute approximate surface area is 138 Å². The highest BCUT2D eigenvalue weighted by Gasteiger charge is 2.22.